The number of ether oxygens (including phenoxy) is 2. The Hall–Kier alpha value is -0.620. The number of allylic oxidation sites excluding steroid dienone is 1. The molecule has 2 heterocycles. The molecule has 0 radical (unpaired) electrons. The smallest absolute Gasteiger partial charge is 0.310 e. The predicted octanol–water partition coefficient (Wildman–Crippen LogP) is 2.62. The van der Waals surface area contributed by atoms with E-state index in [9.17, 15) is 9.59 Å². The molecule has 4 rings (SSSR count). The molecule has 0 aromatic rings. The molecule has 0 aromatic heterocycles. The normalized spacial score (nSPS) is 39.0. The van der Waals surface area contributed by atoms with Gasteiger partial charge in [0.1, 0.15) is 6.10 Å². The van der Waals surface area contributed by atoms with E-state index in [1.165, 1.54) is 30.6 Å². The first kappa shape index (κ1) is 14.9. The molecule has 0 bridgehead atoms. The Labute approximate surface area is 138 Å². The molecule has 0 aromatic carbocycles. The molecule has 4 nitrogen and oxygen atoms in total. The van der Waals surface area contributed by atoms with Gasteiger partial charge in [0, 0.05) is 5.92 Å². The van der Waals surface area contributed by atoms with Crippen LogP contribution in [0.4, 0.5) is 0 Å². The summed E-state index contributed by atoms with van der Waals surface area (Å²) in [6, 6.07) is 0. The van der Waals surface area contributed by atoms with Crippen molar-refractivity contribution >= 4 is 35.5 Å². The fraction of sp³-hybridized carbons (Fsp3) is 0.750. The number of carbonyl (C=O) groups excluding carboxylic acids is 2. The fourth-order valence-corrected chi connectivity index (χ4v) is 7.98. The van der Waals surface area contributed by atoms with Gasteiger partial charge in [0.2, 0.25) is 0 Å². The molecule has 0 N–H and O–H groups in total. The van der Waals surface area contributed by atoms with E-state index in [1.807, 2.05) is 23.5 Å². The number of hydrogen-bond acceptors (Lipinski definition) is 6. The van der Waals surface area contributed by atoms with Crippen molar-refractivity contribution in [3.8, 4) is 0 Å². The van der Waals surface area contributed by atoms with E-state index in [2.05, 4.69) is 6.08 Å². The van der Waals surface area contributed by atoms with Gasteiger partial charge in [-0.2, -0.15) is 0 Å². The van der Waals surface area contributed by atoms with Crippen molar-refractivity contribution in [3.63, 3.8) is 0 Å². The zero-order chi connectivity index (χ0) is 15.3. The highest BCUT2D eigenvalue weighted by atomic mass is 32.2. The summed E-state index contributed by atoms with van der Waals surface area (Å²) in [5, 5.41) is 0. The van der Waals surface area contributed by atoms with Crippen LogP contribution < -0.4 is 0 Å². The van der Waals surface area contributed by atoms with Crippen molar-refractivity contribution in [2.75, 3.05) is 18.6 Å². The van der Waals surface area contributed by atoms with E-state index < -0.39 is 0 Å². The third-order valence-corrected chi connectivity index (χ3v) is 8.88. The van der Waals surface area contributed by atoms with E-state index in [0.29, 0.717) is 6.42 Å². The Bertz CT molecular complexity index is 538. The van der Waals surface area contributed by atoms with Gasteiger partial charge < -0.3 is 9.47 Å². The molecule has 1 spiro atoms. The van der Waals surface area contributed by atoms with Crippen molar-refractivity contribution in [1.29, 1.82) is 0 Å². The summed E-state index contributed by atoms with van der Waals surface area (Å²) < 4.78 is 10.7. The highest BCUT2D eigenvalue weighted by molar-refractivity contribution is 8.19. The van der Waals surface area contributed by atoms with Crippen LogP contribution in [-0.2, 0) is 19.1 Å². The summed E-state index contributed by atoms with van der Waals surface area (Å²) in [6.07, 6.45) is 6.03. The minimum absolute atomic E-state index is 0.0371. The van der Waals surface area contributed by atoms with Crippen LogP contribution in [0.25, 0.3) is 0 Å². The van der Waals surface area contributed by atoms with Crippen molar-refractivity contribution < 1.29 is 19.1 Å². The first-order valence-electron chi connectivity index (χ1n) is 7.93. The second-order valence-electron chi connectivity index (χ2n) is 6.39. The highest BCUT2D eigenvalue weighted by Crippen LogP contribution is 2.61. The van der Waals surface area contributed by atoms with Gasteiger partial charge in [-0.25, -0.2) is 0 Å². The zero-order valence-electron chi connectivity index (χ0n) is 12.6. The summed E-state index contributed by atoms with van der Waals surface area (Å²) in [6.45, 7) is 0. The summed E-state index contributed by atoms with van der Waals surface area (Å²) in [5.74, 6) is 1.27. The molecule has 4 aliphatic rings. The van der Waals surface area contributed by atoms with Crippen molar-refractivity contribution in [2.45, 2.75) is 35.9 Å². The van der Waals surface area contributed by atoms with Crippen LogP contribution >= 0.6 is 23.5 Å². The van der Waals surface area contributed by atoms with Gasteiger partial charge in [-0.05, 0) is 42.8 Å². The lowest BCUT2D eigenvalue weighted by Crippen LogP contribution is -2.46. The van der Waals surface area contributed by atoms with Gasteiger partial charge in [-0.3, -0.25) is 9.59 Å². The molecule has 3 fully saturated rings. The Morgan fingerprint density at radius 3 is 2.86 bits per heavy atom. The van der Waals surface area contributed by atoms with Gasteiger partial charge in [-0.15, -0.1) is 23.5 Å². The fourth-order valence-electron chi connectivity index (χ4n) is 4.43. The monoisotopic (exact) mass is 340 g/mol. The van der Waals surface area contributed by atoms with Crippen LogP contribution in [0.2, 0.25) is 0 Å². The van der Waals surface area contributed by atoms with E-state index in [4.69, 9.17) is 9.47 Å². The van der Waals surface area contributed by atoms with Crippen molar-refractivity contribution in [2.24, 2.45) is 17.8 Å². The number of fused-ring (bicyclic) bond motifs is 1. The molecule has 120 valence electrons. The number of hydrogen-bond donors (Lipinski definition) is 0. The maximum atomic E-state index is 12.4. The maximum Gasteiger partial charge on any atom is 0.310 e. The van der Waals surface area contributed by atoms with E-state index in [-0.39, 0.29) is 39.9 Å². The molecule has 22 heavy (non-hydrogen) atoms. The lowest BCUT2D eigenvalue weighted by molar-refractivity contribution is -0.154. The zero-order valence-corrected chi connectivity index (χ0v) is 14.2. The number of methoxy groups -OCH3 is 1. The van der Waals surface area contributed by atoms with Crippen LogP contribution in [0.5, 0.6) is 0 Å². The number of rotatable bonds is 1. The lowest BCUT2D eigenvalue weighted by atomic mass is 9.66. The lowest BCUT2D eigenvalue weighted by Gasteiger charge is -2.48. The van der Waals surface area contributed by atoms with E-state index in [1.54, 1.807) is 0 Å². The van der Waals surface area contributed by atoms with Gasteiger partial charge in [0.25, 0.3) is 0 Å². The molecular formula is C16H20O4S2. The third-order valence-electron chi connectivity index (χ3n) is 5.37. The van der Waals surface area contributed by atoms with Crippen molar-refractivity contribution in [1.82, 2.24) is 0 Å². The molecule has 0 amide bonds. The van der Waals surface area contributed by atoms with Crippen LogP contribution in [0.3, 0.4) is 0 Å². The largest absolute Gasteiger partial charge is 0.469 e. The van der Waals surface area contributed by atoms with Crippen LogP contribution in [-0.4, -0.2) is 40.7 Å². The minimum Gasteiger partial charge on any atom is -0.469 e. The first-order valence-corrected chi connectivity index (χ1v) is 9.90. The van der Waals surface area contributed by atoms with Crippen LogP contribution in [0.15, 0.2) is 11.6 Å². The van der Waals surface area contributed by atoms with E-state index >= 15 is 0 Å². The van der Waals surface area contributed by atoms with Gasteiger partial charge >= 0.3 is 11.9 Å². The molecule has 4 atom stereocenters. The maximum absolute atomic E-state index is 12.4. The van der Waals surface area contributed by atoms with Crippen molar-refractivity contribution in [3.05, 3.63) is 11.6 Å². The van der Waals surface area contributed by atoms with E-state index in [0.717, 1.165) is 12.8 Å². The van der Waals surface area contributed by atoms with Gasteiger partial charge in [0.15, 0.2) is 0 Å². The summed E-state index contributed by atoms with van der Waals surface area (Å²) in [7, 11) is 1.40. The summed E-state index contributed by atoms with van der Waals surface area (Å²) in [5.41, 5.74) is 1.37. The molecule has 0 unspecified atom stereocenters. The molecule has 2 aliphatic heterocycles. The Morgan fingerprint density at radius 1 is 1.36 bits per heavy atom. The topological polar surface area (TPSA) is 52.6 Å². The second-order valence-corrected chi connectivity index (χ2v) is 9.44. The quantitative estimate of drug-likeness (QED) is 0.540. The Morgan fingerprint density at radius 2 is 2.14 bits per heavy atom. The SMILES string of the molecule is COC(=O)[C@H]1CC=C2[C@@H]3[C@H]1C(=O)O[C@@H]3CCC21SCCCS1. The van der Waals surface area contributed by atoms with Crippen LogP contribution in [0, 0.1) is 17.8 Å². The van der Waals surface area contributed by atoms with Gasteiger partial charge in [0.05, 0.1) is 23.0 Å². The number of esters is 2. The average molecular weight is 340 g/mol. The summed E-state index contributed by atoms with van der Waals surface area (Å²) >= 11 is 4.06. The van der Waals surface area contributed by atoms with Crippen LogP contribution in [0.1, 0.15) is 25.7 Å². The minimum atomic E-state index is -0.370. The highest BCUT2D eigenvalue weighted by Gasteiger charge is 2.60. The molecule has 6 heteroatoms. The Balaban J connectivity index is 1.73. The average Bonchev–Trinajstić information content (AvgIpc) is 2.89. The number of carbonyl (C=O) groups is 2. The second kappa shape index (κ2) is 5.48. The first-order chi connectivity index (χ1) is 10.7. The molecule has 2 saturated heterocycles. The molecule has 1 saturated carbocycles. The Kier molecular flexibility index (Phi) is 3.72. The molecular weight excluding hydrogens is 320 g/mol. The number of thioether (sulfide) groups is 2. The molecule has 2 aliphatic carbocycles. The standard InChI is InChI=1S/C16H20O4S2/c1-19-14(17)9-3-4-10-13-11(20-15(18)12(9)13)5-6-16(10)21-7-2-8-22-16/h4,9,11-13H,2-3,5-8H2,1H3/t9-,11+,12-,13-/m0/s1. The third kappa shape index (κ3) is 2.06. The summed E-state index contributed by atoms with van der Waals surface area (Å²) in [4.78, 5) is 24.5. The van der Waals surface area contributed by atoms with Gasteiger partial charge in [-0.1, -0.05) is 6.08 Å². The predicted molar refractivity (Wildman–Crippen MR) is 86.6 cm³/mol.